The number of hydrazone groups is 1. The number of nitrogens with zero attached hydrogens (tertiary/aromatic N) is 3. The van der Waals surface area contributed by atoms with Crippen molar-refractivity contribution in [3.05, 3.63) is 95.7 Å². The Bertz CT molecular complexity index is 1430. The van der Waals surface area contributed by atoms with Crippen molar-refractivity contribution in [2.75, 3.05) is 6.54 Å². The van der Waals surface area contributed by atoms with Gasteiger partial charge in [0.05, 0.1) is 12.8 Å². The lowest BCUT2D eigenvalue weighted by atomic mass is 9.94. The molecule has 0 spiro atoms. The van der Waals surface area contributed by atoms with Crippen LogP contribution >= 0.6 is 0 Å². The van der Waals surface area contributed by atoms with E-state index in [1.165, 1.54) is 5.01 Å². The third kappa shape index (κ3) is 3.61. The summed E-state index contributed by atoms with van der Waals surface area (Å²) >= 11 is 0. The van der Waals surface area contributed by atoms with Gasteiger partial charge < -0.3 is 14.6 Å². The van der Waals surface area contributed by atoms with Gasteiger partial charge in [0, 0.05) is 23.0 Å². The Kier molecular flexibility index (Phi) is 4.87. The number of fused-ring (bicyclic) bond motifs is 4. The first-order valence-electron chi connectivity index (χ1n) is 11.2. The summed E-state index contributed by atoms with van der Waals surface area (Å²) in [5, 5.41) is 6.77. The van der Waals surface area contributed by atoms with E-state index in [2.05, 4.69) is 16.2 Å². The van der Waals surface area contributed by atoms with Gasteiger partial charge in [-0.3, -0.25) is 9.59 Å². The number of hydrogen-bond acceptors (Lipinski definition) is 4. The molecule has 168 valence electrons. The number of aromatic nitrogens is 1. The van der Waals surface area contributed by atoms with Gasteiger partial charge in [-0.2, -0.15) is 5.10 Å². The van der Waals surface area contributed by atoms with E-state index in [4.69, 9.17) is 4.74 Å². The Labute approximate surface area is 196 Å². The van der Waals surface area contributed by atoms with Gasteiger partial charge in [-0.15, -0.1) is 0 Å². The number of ether oxygens (including phenoxy) is 1. The molecule has 7 nitrogen and oxygen atoms in total. The van der Waals surface area contributed by atoms with E-state index in [0.29, 0.717) is 18.7 Å². The normalized spacial score (nSPS) is 17.8. The first-order valence-corrected chi connectivity index (χ1v) is 11.2. The molecule has 34 heavy (non-hydrogen) atoms. The van der Waals surface area contributed by atoms with Crippen LogP contribution in [0.1, 0.15) is 16.8 Å². The second-order valence-corrected chi connectivity index (χ2v) is 8.50. The number of benzene rings is 3. The minimum absolute atomic E-state index is 0.0679. The highest BCUT2D eigenvalue weighted by Gasteiger charge is 2.43. The van der Waals surface area contributed by atoms with Gasteiger partial charge in [-0.25, -0.2) is 5.01 Å². The number of aromatic amines is 1. The minimum Gasteiger partial charge on any atom is -0.457 e. The van der Waals surface area contributed by atoms with E-state index in [9.17, 15) is 9.59 Å². The van der Waals surface area contributed by atoms with Crippen LogP contribution in [0.3, 0.4) is 0 Å². The van der Waals surface area contributed by atoms with Crippen LogP contribution in [0.5, 0.6) is 11.5 Å². The van der Waals surface area contributed by atoms with Gasteiger partial charge in [0.1, 0.15) is 24.1 Å². The smallest absolute Gasteiger partial charge is 0.266 e. The molecule has 3 heterocycles. The molecule has 2 aliphatic rings. The molecule has 1 fully saturated rings. The second kappa shape index (κ2) is 8.19. The van der Waals surface area contributed by atoms with E-state index in [-0.39, 0.29) is 18.4 Å². The molecular weight excluding hydrogens is 428 g/mol. The van der Waals surface area contributed by atoms with Crippen LogP contribution in [0.2, 0.25) is 0 Å². The van der Waals surface area contributed by atoms with Gasteiger partial charge in [0.2, 0.25) is 5.91 Å². The van der Waals surface area contributed by atoms with Crippen molar-refractivity contribution in [3.8, 4) is 11.5 Å². The number of carbonyl (C=O) groups excluding carboxylic acids is 2. The van der Waals surface area contributed by atoms with Crippen LogP contribution < -0.4 is 4.74 Å². The average molecular weight is 450 g/mol. The lowest BCUT2D eigenvalue weighted by Gasteiger charge is -2.40. The predicted molar refractivity (Wildman–Crippen MR) is 129 cm³/mol. The van der Waals surface area contributed by atoms with Crippen LogP contribution in [0.4, 0.5) is 0 Å². The predicted octanol–water partition coefficient (Wildman–Crippen LogP) is 4.09. The molecule has 4 aromatic rings. The molecule has 2 aliphatic heterocycles. The van der Waals surface area contributed by atoms with Gasteiger partial charge in [-0.05, 0) is 41.5 Å². The van der Waals surface area contributed by atoms with Crippen molar-refractivity contribution in [3.63, 3.8) is 0 Å². The molecule has 2 amide bonds. The zero-order chi connectivity index (χ0) is 23.1. The van der Waals surface area contributed by atoms with Gasteiger partial charge in [0.25, 0.3) is 5.91 Å². The minimum atomic E-state index is -0.544. The number of H-pyrrole nitrogens is 1. The Balaban J connectivity index is 1.22. The fourth-order valence-electron chi connectivity index (χ4n) is 4.68. The fourth-order valence-corrected chi connectivity index (χ4v) is 4.68. The van der Waals surface area contributed by atoms with E-state index in [0.717, 1.165) is 33.5 Å². The van der Waals surface area contributed by atoms with Crippen LogP contribution in [-0.4, -0.2) is 45.5 Å². The Morgan fingerprint density at radius 2 is 1.71 bits per heavy atom. The van der Waals surface area contributed by atoms with Crippen molar-refractivity contribution in [1.82, 2.24) is 14.9 Å². The molecule has 1 saturated heterocycles. The first-order chi connectivity index (χ1) is 16.7. The molecule has 1 N–H and O–H groups in total. The number of hydrogen-bond donors (Lipinski definition) is 1. The van der Waals surface area contributed by atoms with Crippen molar-refractivity contribution in [2.24, 2.45) is 5.10 Å². The van der Waals surface area contributed by atoms with Crippen molar-refractivity contribution in [1.29, 1.82) is 0 Å². The van der Waals surface area contributed by atoms with Crippen molar-refractivity contribution in [2.45, 2.75) is 19.0 Å². The highest BCUT2D eigenvalue weighted by atomic mass is 16.5. The van der Waals surface area contributed by atoms with Gasteiger partial charge >= 0.3 is 0 Å². The molecule has 0 bridgehead atoms. The fraction of sp³-hybridized carbons (Fsp3) is 0.148. The first kappa shape index (κ1) is 20.2. The molecule has 7 heteroatoms. The van der Waals surface area contributed by atoms with E-state index >= 15 is 0 Å². The number of rotatable bonds is 4. The molecular formula is C27H22N4O3. The third-order valence-corrected chi connectivity index (χ3v) is 6.33. The number of nitrogens with one attached hydrogen (secondary N) is 1. The molecule has 0 aliphatic carbocycles. The standard InChI is InChI=1S/C27H22N4O3/c32-26-17-31(28-15-18-7-6-10-20(13-18)34-19-8-2-1-3-9-19)27(33)25-14-22-21-11-4-5-12-23(21)29-24(22)16-30(25)26/h1-13,15,25,29H,14,16-17H2. The Hall–Kier alpha value is -4.39. The highest BCUT2D eigenvalue weighted by Crippen LogP contribution is 2.32. The number of carbonyl (C=O) groups is 2. The van der Waals surface area contributed by atoms with Crippen molar-refractivity contribution < 1.29 is 14.3 Å². The maximum atomic E-state index is 13.3. The average Bonchev–Trinajstić information content (AvgIpc) is 3.23. The Morgan fingerprint density at radius 1 is 0.912 bits per heavy atom. The van der Waals surface area contributed by atoms with Crippen LogP contribution in [0.25, 0.3) is 10.9 Å². The highest BCUT2D eigenvalue weighted by molar-refractivity contribution is 5.97. The Morgan fingerprint density at radius 3 is 2.59 bits per heavy atom. The summed E-state index contributed by atoms with van der Waals surface area (Å²) in [6.45, 7) is 0.345. The molecule has 1 aromatic heterocycles. The van der Waals surface area contributed by atoms with Crippen LogP contribution in [0.15, 0.2) is 84.0 Å². The monoisotopic (exact) mass is 450 g/mol. The second-order valence-electron chi connectivity index (χ2n) is 8.50. The maximum absolute atomic E-state index is 13.3. The largest absolute Gasteiger partial charge is 0.457 e. The van der Waals surface area contributed by atoms with Gasteiger partial charge in [0.15, 0.2) is 0 Å². The molecule has 0 saturated carbocycles. The molecule has 1 atom stereocenters. The van der Waals surface area contributed by atoms with Crippen LogP contribution in [0, 0.1) is 0 Å². The number of amides is 2. The summed E-state index contributed by atoms with van der Waals surface area (Å²) in [6, 6.07) is 24.5. The van der Waals surface area contributed by atoms with Crippen LogP contribution in [-0.2, 0) is 22.6 Å². The summed E-state index contributed by atoms with van der Waals surface area (Å²) in [6.07, 6.45) is 2.08. The van der Waals surface area contributed by atoms with Crippen molar-refractivity contribution >= 4 is 28.9 Å². The SMILES string of the molecule is O=C1C2Cc3c([nH]c4ccccc34)CN2C(=O)CN1N=Cc1cccc(Oc2ccccc2)c1. The third-order valence-electron chi connectivity index (χ3n) is 6.33. The van der Waals surface area contributed by atoms with Gasteiger partial charge in [-0.1, -0.05) is 48.5 Å². The number of piperazine rings is 1. The lowest BCUT2D eigenvalue weighted by Crippen LogP contribution is -2.60. The lowest BCUT2D eigenvalue weighted by molar-refractivity contribution is -0.157. The van der Waals surface area contributed by atoms with E-state index in [1.807, 2.05) is 72.8 Å². The quantitative estimate of drug-likeness (QED) is 0.476. The van der Waals surface area contributed by atoms with E-state index in [1.54, 1.807) is 11.1 Å². The zero-order valence-corrected chi connectivity index (χ0v) is 18.3. The summed E-state index contributed by atoms with van der Waals surface area (Å²) in [7, 11) is 0. The zero-order valence-electron chi connectivity index (χ0n) is 18.3. The summed E-state index contributed by atoms with van der Waals surface area (Å²) in [4.78, 5) is 31.3. The maximum Gasteiger partial charge on any atom is 0.266 e. The molecule has 0 radical (unpaired) electrons. The summed E-state index contributed by atoms with van der Waals surface area (Å²) < 4.78 is 5.87. The number of para-hydroxylation sites is 2. The molecule has 6 rings (SSSR count). The summed E-state index contributed by atoms with van der Waals surface area (Å²) in [5.41, 5.74) is 3.92. The molecule has 3 aromatic carbocycles. The molecule has 1 unspecified atom stereocenters. The summed E-state index contributed by atoms with van der Waals surface area (Å²) in [5.74, 6) is 1.14. The topological polar surface area (TPSA) is 78.0 Å². The van der Waals surface area contributed by atoms with E-state index < -0.39 is 6.04 Å².